The first-order valence-electron chi connectivity index (χ1n) is 4.92. The lowest BCUT2D eigenvalue weighted by atomic mass is 10.2. The van der Waals surface area contributed by atoms with Crippen LogP contribution in [0.5, 0.6) is 0 Å². The molecule has 0 aliphatic rings. The standard InChI is InChI=1S/C9H16F3NO2S/c1-3-13(6-7(2)8(14)15)4-5-16-9(10,11)12/h7H,3-6H2,1-2H3,(H,14,15). The summed E-state index contributed by atoms with van der Waals surface area (Å²) >= 11 is -0.0763. The van der Waals surface area contributed by atoms with E-state index in [4.69, 9.17) is 5.11 Å². The van der Waals surface area contributed by atoms with Crippen molar-refractivity contribution < 1.29 is 23.1 Å². The number of nitrogens with zero attached hydrogens (tertiary/aromatic N) is 1. The Morgan fingerprint density at radius 2 is 2.06 bits per heavy atom. The van der Waals surface area contributed by atoms with Crippen molar-refractivity contribution in [2.45, 2.75) is 19.4 Å². The van der Waals surface area contributed by atoms with Crippen LogP contribution in [-0.4, -0.2) is 46.9 Å². The molecule has 0 fully saturated rings. The number of carboxylic acid groups (broad SMARTS) is 1. The molecular weight excluding hydrogens is 243 g/mol. The molecule has 16 heavy (non-hydrogen) atoms. The first kappa shape index (κ1) is 15.6. The third-order valence-corrected chi connectivity index (χ3v) is 2.79. The van der Waals surface area contributed by atoms with Crippen LogP contribution in [-0.2, 0) is 4.79 Å². The van der Waals surface area contributed by atoms with Crippen LogP contribution in [0.1, 0.15) is 13.8 Å². The van der Waals surface area contributed by atoms with Crippen LogP contribution in [0, 0.1) is 5.92 Å². The van der Waals surface area contributed by atoms with Gasteiger partial charge in [0.2, 0.25) is 0 Å². The molecule has 0 aromatic heterocycles. The minimum atomic E-state index is -4.21. The highest BCUT2D eigenvalue weighted by molar-refractivity contribution is 8.00. The van der Waals surface area contributed by atoms with Crippen LogP contribution >= 0.6 is 11.8 Å². The SMILES string of the molecule is CCN(CCSC(F)(F)F)CC(C)C(=O)O. The highest BCUT2D eigenvalue weighted by Gasteiger charge is 2.28. The van der Waals surface area contributed by atoms with E-state index in [1.165, 1.54) is 0 Å². The minimum Gasteiger partial charge on any atom is -0.481 e. The molecule has 0 radical (unpaired) electrons. The van der Waals surface area contributed by atoms with Gasteiger partial charge in [0.25, 0.3) is 0 Å². The summed E-state index contributed by atoms with van der Waals surface area (Å²) in [6.45, 7) is 4.42. The number of hydrogen-bond donors (Lipinski definition) is 1. The van der Waals surface area contributed by atoms with Gasteiger partial charge >= 0.3 is 11.5 Å². The molecule has 0 bridgehead atoms. The van der Waals surface area contributed by atoms with Crippen LogP contribution in [0.2, 0.25) is 0 Å². The summed E-state index contributed by atoms with van der Waals surface area (Å²) in [5, 5.41) is 8.67. The van der Waals surface area contributed by atoms with Gasteiger partial charge in [-0.1, -0.05) is 13.8 Å². The zero-order chi connectivity index (χ0) is 12.8. The fourth-order valence-corrected chi connectivity index (χ4v) is 1.72. The average Bonchev–Trinajstić information content (AvgIpc) is 2.13. The van der Waals surface area contributed by atoms with E-state index >= 15 is 0 Å². The zero-order valence-corrected chi connectivity index (χ0v) is 10.1. The van der Waals surface area contributed by atoms with E-state index in [0.29, 0.717) is 6.54 Å². The number of halogens is 3. The molecule has 0 amide bonds. The molecule has 96 valence electrons. The summed E-state index contributed by atoms with van der Waals surface area (Å²) in [5.74, 6) is -1.55. The summed E-state index contributed by atoms with van der Waals surface area (Å²) in [7, 11) is 0. The van der Waals surface area contributed by atoms with Gasteiger partial charge in [0.05, 0.1) is 5.92 Å². The van der Waals surface area contributed by atoms with Gasteiger partial charge in [-0.3, -0.25) is 4.79 Å². The van der Waals surface area contributed by atoms with Crippen molar-refractivity contribution >= 4 is 17.7 Å². The zero-order valence-electron chi connectivity index (χ0n) is 9.25. The van der Waals surface area contributed by atoms with Crippen molar-refractivity contribution in [2.75, 3.05) is 25.4 Å². The van der Waals surface area contributed by atoms with Crippen molar-refractivity contribution in [1.29, 1.82) is 0 Å². The van der Waals surface area contributed by atoms with Gasteiger partial charge in [-0.2, -0.15) is 13.2 Å². The molecular formula is C9H16F3NO2S. The van der Waals surface area contributed by atoms with Gasteiger partial charge < -0.3 is 10.0 Å². The van der Waals surface area contributed by atoms with Crippen LogP contribution < -0.4 is 0 Å². The van der Waals surface area contributed by atoms with Gasteiger partial charge in [0.15, 0.2) is 0 Å². The van der Waals surface area contributed by atoms with Crippen LogP contribution in [0.4, 0.5) is 13.2 Å². The summed E-state index contributed by atoms with van der Waals surface area (Å²) < 4.78 is 35.6. The maximum atomic E-state index is 11.9. The number of thioether (sulfide) groups is 1. The van der Waals surface area contributed by atoms with Gasteiger partial charge in [0, 0.05) is 18.8 Å². The van der Waals surface area contributed by atoms with E-state index < -0.39 is 17.4 Å². The largest absolute Gasteiger partial charge is 0.481 e. The normalized spacial score (nSPS) is 14.1. The van der Waals surface area contributed by atoms with Crippen molar-refractivity contribution in [1.82, 2.24) is 4.90 Å². The lowest BCUT2D eigenvalue weighted by Gasteiger charge is -2.22. The molecule has 7 heteroatoms. The predicted molar refractivity (Wildman–Crippen MR) is 57.4 cm³/mol. The minimum absolute atomic E-state index is 0.0658. The molecule has 3 nitrogen and oxygen atoms in total. The summed E-state index contributed by atoms with van der Waals surface area (Å²) in [4.78, 5) is 12.3. The smallest absolute Gasteiger partial charge is 0.441 e. The quantitative estimate of drug-likeness (QED) is 0.761. The van der Waals surface area contributed by atoms with Crippen molar-refractivity contribution in [3.05, 3.63) is 0 Å². The topological polar surface area (TPSA) is 40.5 Å². The number of alkyl halides is 3. The fraction of sp³-hybridized carbons (Fsp3) is 0.889. The summed E-state index contributed by atoms with van der Waals surface area (Å²) in [5.41, 5.74) is -4.21. The van der Waals surface area contributed by atoms with Crippen LogP contribution in [0.3, 0.4) is 0 Å². The highest BCUT2D eigenvalue weighted by Crippen LogP contribution is 2.29. The van der Waals surface area contributed by atoms with E-state index in [-0.39, 0.29) is 30.6 Å². The van der Waals surface area contributed by atoms with Crippen molar-refractivity contribution in [2.24, 2.45) is 5.92 Å². The molecule has 0 aromatic carbocycles. The Balaban J connectivity index is 3.88. The molecule has 0 rings (SSSR count). The first-order valence-corrected chi connectivity index (χ1v) is 5.90. The third-order valence-electron chi connectivity index (χ3n) is 2.07. The first-order chi connectivity index (χ1) is 7.26. The molecule has 1 N–H and O–H groups in total. The van der Waals surface area contributed by atoms with Crippen molar-refractivity contribution in [3.63, 3.8) is 0 Å². The van der Waals surface area contributed by atoms with Gasteiger partial charge in [-0.15, -0.1) is 0 Å². The van der Waals surface area contributed by atoms with Crippen LogP contribution in [0.25, 0.3) is 0 Å². The molecule has 0 aliphatic heterocycles. The number of rotatable bonds is 7. The summed E-state index contributed by atoms with van der Waals surface area (Å²) in [6.07, 6.45) is 0. The Labute approximate surface area is 97.0 Å². The Bertz CT molecular complexity index is 223. The molecule has 0 heterocycles. The van der Waals surface area contributed by atoms with Crippen molar-refractivity contribution in [3.8, 4) is 0 Å². The third kappa shape index (κ3) is 7.81. The van der Waals surface area contributed by atoms with E-state index in [2.05, 4.69) is 0 Å². The Morgan fingerprint density at radius 3 is 2.44 bits per heavy atom. The average molecular weight is 259 g/mol. The molecule has 0 saturated heterocycles. The Kier molecular flexibility index (Phi) is 6.82. The van der Waals surface area contributed by atoms with E-state index in [1.807, 2.05) is 0 Å². The monoisotopic (exact) mass is 259 g/mol. The highest BCUT2D eigenvalue weighted by atomic mass is 32.2. The van der Waals surface area contributed by atoms with Gasteiger partial charge in [-0.05, 0) is 18.3 Å². The Hall–Kier alpha value is -0.430. The second-order valence-corrected chi connectivity index (χ2v) is 4.59. The molecule has 0 aliphatic carbocycles. The molecule has 0 spiro atoms. The second kappa shape index (κ2) is 7.01. The van der Waals surface area contributed by atoms with E-state index in [9.17, 15) is 18.0 Å². The number of hydrogen-bond acceptors (Lipinski definition) is 3. The second-order valence-electron chi connectivity index (χ2n) is 3.43. The molecule has 0 saturated carbocycles. The van der Waals surface area contributed by atoms with Gasteiger partial charge in [0.1, 0.15) is 0 Å². The molecule has 1 unspecified atom stereocenters. The number of aliphatic carboxylic acids is 1. The maximum absolute atomic E-state index is 11.9. The van der Waals surface area contributed by atoms with Crippen LogP contribution in [0.15, 0.2) is 0 Å². The summed E-state index contributed by atoms with van der Waals surface area (Å²) in [6, 6.07) is 0. The molecule has 0 aromatic rings. The maximum Gasteiger partial charge on any atom is 0.441 e. The number of carbonyl (C=O) groups is 1. The fourth-order valence-electron chi connectivity index (χ4n) is 1.13. The number of carboxylic acids is 1. The lowest BCUT2D eigenvalue weighted by molar-refractivity contribution is -0.141. The lowest BCUT2D eigenvalue weighted by Crippen LogP contribution is -2.33. The van der Waals surface area contributed by atoms with Gasteiger partial charge in [-0.25, -0.2) is 0 Å². The van der Waals surface area contributed by atoms with E-state index in [1.54, 1.807) is 18.7 Å². The molecule has 1 atom stereocenters. The predicted octanol–water partition coefficient (Wildman–Crippen LogP) is 2.28. The Morgan fingerprint density at radius 1 is 1.50 bits per heavy atom. The van der Waals surface area contributed by atoms with E-state index in [0.717, 1.165) is 0 Å².